The van der Waals surface area contributed by atoms with E-state index < -0.39 is 0 Å². The highest BCUT2D eigenvalue weighted by Crippen LogP contribution is 2.24. The normalized spacial score (nSPS) is 16.8. The second-order valence-electron chi connectivity index (χ2n) is 6.58. The van der Waals surface area contributed by atoms with Crippen LogP contribution in [0.15, 0.2) is 24.3 Å². The van der Waals surface area contributed by atoms with E-state index in [1.54, 1.807) is 0 Å². The van der Waals surface area contributed by atoms with Crippen molar-refractivity contribution in [2.24, 2.45) is 0 Å². The summed E-state index contributed by atoms with van der Waals surface area (Å²) in [6, 6.07) is 7.56. The number of amides is 1. The second kappa shape index (κ2) is 11.9. The Hall–Kier alpha value is -1.59. The molecule has 5 nitrogen and oxygen atoms in total. The molecule has 2 N–H and O–H groups in total. The molecule has 1 aromatic rings. The van der Waals surface area contributed by atoms with Crippen LogP contribution < -0.4 is 15.4 Å². The third kappa shape index (κ3) is 7.88. The largest absolute Gasteiger partial charge is 0.489 e. The van der Waals surface area contributed by atoms with E-state index in [0.717, 1.165) is 38.1 Å². The summed E-state index contributed by atoms with van der Waals surface area (Å²) in [5, 5.41) is 6.14. The second-order valence-corrected chi connectivity index (χ2v) is 6.58. The van der Waals surface area contributed by atoms with Crippen LogP contribution in [0.4, 0.5) is 5.69 Å². The van der Waals surface area contributed by atoms with E-state index in [1.165, 1.54) is 25.7 Å². The number of rotatable bonds is 12. The van der Waals surface area contributed by atoms with Crippen molar-refractivity contribution in [2.75, 3.05) is 31.6 Å². The van der Waals surface area contributed by atoms with E-state index >= 15 is 0 Å². The molecular weight excluding hydrogens is 316 g/mol. The van der Waals surface area contributed by atoms with Crippen LogP contribution in [-0.4, -0.2) is 38.3 Å². The summed E-state index contributed by atoms with van der Waals surface area (Å²) in [6.45, 7) is 4.77. The highest BCUT2D eigenvalue weighted by Gasteiger charge is 2.17. The maximum atomic E-state index is 12.1. The van der Waals surface area contributed by atoms with Crippen LogP contribution in [0, 0.1) is 0 Å². The lowest BCUT2D eigenvalue weighted by Crippen LogP contribution is -2.29. The number of anilines is 1. The molecule has 0 aromatic heterocycles. The number of carbonyl (C=O) groups excluding carboxylic acids is 1. The van der Waals surface area contributed by atoms with Crippen LogP contribution in [0.5, 0.6) is 5.75 Å². The van der Waals surface area contributed by atoms with Gasteiger partial charge in [0.05, 0.1) is 18.3 Å². The number of carbonyl (C=O) groups is 1. The van der Waals surface area contributed by atoms with E-state index in [4.69, 9.17) is 9.47 Å². The van der Waals surface area contributed by atoms with Crippen LogP contribution in [-0.2, 0) is 9.53 Å². The monoisotopic (exact) mass is 348 g/mol. The topological polar surface area (TPSA) is 59.6 Å². The van der Waals surface area contributed by atoms with E-state index in [9.17, 15) is 4.79 Å². The molecule has 1 atom stereocenters. The quantitative estimate of drug-likeness (QED) is 0.565. The van der Waals surface area contributed by atoms with E-state index in [0.29, 0.717) is 18.9 Å². The number of ether oxygens (including phenoxy) is 2. The van der Waals surface area contributed by atoms with Gasteiger partial charge in [0.2, 0.25) is 5.91 Å². The minimum absolute atomic E-state index is 0.0401. The molecular formula is C20H32N2O3. The maximum Gasteiger partial charge on any atom is 0.238 e. The lowest BCUT2D eigenvalue weighted by Gasteiger charge is -2.15. The predicted octanol–water partition coefficient (Wildman–Crippen LogP) is 3.74. The molecule has 0 radical (unpaired) electrons. The zero-order chi connectivity index (χ0) is 17.7. The van der Waals surface area contributed by atoms with Crippen molar-refractivity contribution in [3.8, 4) is 5.75 Å². The molecule has 25 heavy (non-hydrogen) atoms. The van der Waals surface area contributed by atoms with Gasteiger partial charge < -0.3 is 20.1 Å². The Balaban J connectivity index is 1.67. The molecule has 0 aliphatic carbocycles. The molecule has 5 heteroatoms. The van der Waals surface area contributed by atoms with E-state index in [2.05, 4.69) is 17.6 Å². The SMILES string of the molecule is CCCCCCCNCC(=O)Nc1ccccc1OCC1CCCO1. The number of benzene rings is 1. The van der Waals surface area contributed by atoms with Gasteiger partial charge in [0.1, 0.15) is 12.4 Å². The van der Waals surface area contributed by atoms with Crippen molar-refractivity contribution in [1.29, 1.82) is 0 Å². The summed E-state index contributed by atoms with van der Waals surface area (Å²) in [5.41, 5.74) is 0.718. The molecule has 140 valence electrons. The molecule has 1 amide bonds. The number of para-hydroxylation sites is 2. The van der Waals surface area contributed by atoms with Crippen molar-refractivity contribution in [2.45, 2.75) is 58.0 Å². The molecule has 1 aromatic carbocycles. The standard InChI is InChI=1S/C20H32N2O3/c1-2-3-4-5-8-13-21-15-20(23)22-18-11-6-7-12-19(18)25-16-17-10-9-14-24-17/h6-7,11-12,17,21H,2-5,8-10,13-16H2,1H3,(H,22,23). The number of unbranched alkanes of at least 4 members (excludes halogenated alkanes) is 4. The van der Waals surface area contributed by atoms with Crippen molar-refractivity contribution in [3.63, 3.8) is 0 Å². The van der Waals surface area contributed by atoms with Crippen molar-refractivity contribution < 1.29 is 14.3 Å². The van der Waals surface area contributed by atoms with Gasteiger partial charge in [-0.3, -0.25) is 4.79 Å². The lowest BCUT2D eigenvalue weighted by molar-refractivity contribution is -0.115. The van der Waals surface area contributed by atoms with Gasteiger partial charge in [-0.05, 0) is 37.9 Å². The average molecular weight is 348 g/mol. The Kier molecular flexibility index (Phi) is 9.37. The molecule has 2 rings (SSSR count). The summed E-state index contributed by atoms with van der Waals surface area (Å²) in [4.78, 5) is 12.1. The van der Waals surface area contributed by atoms with Crippen LogP contribution >= 0.6 is 0 Å². The third-order valence-corrected chi connectivity index (χ3v) is 4.35. The van der Waals surface area contributed by atoms with Gasteiger partial charge in [-0.25, -0.2) is 0 Å². The van der Waals surface area contributed by atoms with Gasteiger partial charge in [-0.1, -0.05) is 44.7 Å². The van der Waals surface area contributed by atoms with Crippen molar-refractivity contribution >= 4 is 11.6 Å². The van der Waals surface area contributed by atoms with Gasteiger partial charge >= 0.3 is 0 Å². The number of hydrogen-bond donors (Lipinski definition) is 2. The average Bonchev–Trinajstić information content (AvgIpc) is 3.14. The Bertz CT molecular complexity index is 501. The molecule has 1 saturated heterocycles. The minimum atomic E-state index is -0.0401. The Morgan fingerprint density at radius 1 is 1.24 bits per heavy atom. The molecule has 1 fully saturated rings. The van der Waals surface area contributed by atoms with Gasteiger partial charge in [-0.15, -0.1) is 0 Å². The van der Waals surface area contributed by atoms with Gasteiger partial charge in [0, 0.05) is 6.61 Å². The fourth-order valence-electron chi connectivity index (χ4n) is 2.90. The summed E-state index contributed by atoms with van der Waals surface area (Å²) in [5.74, 6) is 0.660. The Morgan fingerprint density at radius 3 is 2.88 bits per heavy atom. The van der Waals surface area contributed by atoms with Crippen LogP contribution in [0.2, 0.25) is 0 Å². The van der Waals surface area contributed by atoms with Crippen molar-refractivity contribution in [3.05, 3.63) is 24.3 Å². The van der Waals surface area contributed by atoms with Crippen molar-refractivity contribution in [1.82, 2.24) is 5.32 Å². The van der Waals surface area contributed by atoms with Crippen LogP contribution in [0.25, 0.3) is 0 Å². The zero-order valence-corrected chi connectivity index (χ0v) is 15.4. The van der Waals surface area contributed by atoms with Gasteiger partial charge in [-0.2, -0.15) is 0 Å². The molecule has 0 saturated carbocycles. The van der Waals surface area contributed by atoms with Crippen LogP contribution in [0.1, 0.15) is 51.9 Å². The first-order valence-corrected chi connectivity index (χ1v) is 9.63. The fourth-order valence-corrected chi connectivity index (χ4v) is 2.90. The molecule has 1 unspecified atom stereocenters. The highest BCUT2D eigenvalue weighted by atomic mass is 16.5. The third-order valence-electron chi connectivity index (χ3n) is 4.35. The molecule has 1 aliphatic rings. The Labute approximate surface area is 151 Å². The Morgan fingerprint density at radius 2 is 2.08 bits per heavy atom. The van der Waals surface area contributed by atoms with Crippen LogP contribution in [0.3, 0.4) is 0 Å². The lowest BCUT2D eigenvalue weighted by atomic mass is 10.1. The first-order chi connectivity index (χ1) is 12.3. The number of hydrogen-bond acceptors (Lipinski definition) is 4. The summed E-state index contributed by atoms with van der Waals surface area (Å²) >= 11 is 0. The first-order valence-electron chi connectivity index (χ1n) is 9.63. The zero-order valence-electron chi connectivity index (χ0n) is 15.4. The van der Waals surface area contributed by atoms with Gasteiger partial charge in [0.15, 0.2) is 0 Å². The van der Waals surface area contributed by atoms with E-state index in [-0.39, 0.29) is 12.0 Å². The summed E-state index contributed by atoms with van der Waals surface area (Å²) < 4.78 is 11.4. The molecule has 1 heterocycles. The molecule has 0 spiro atoms. The minimum Gasteiger partial charge on any atom is -0.489 e. The van der Waals surface area contributed by atoms with Gasteiger partial charge in [0.25, 0.3) is 0 Å². The molecule has 1 aliphatic heterocycles. The molecule has 0 bridgehead atoms. The first kappa shape index (κ1) is 19.7. The predicted molar refractivity (Wildman–Crippen MR) is 101 cm³/mol. The highest BCUT2D eigenvalue weighted by molar-refractivity contribution is 5.93. The number of nitrogens with one attached hydrogen (secondary N) is 2. The summed E-state index contributed by atoms with van der Waals surface area (Å²) in [7, 11) is 0. The maximum absolute atomic E-state index is 12.1. The van der Waals surface area contributed by atoms with E-state index in [1.807, 2.05) is 24.3 Å². The fraction of sp³-hybridized carbons (Fsp3) is 0.650. The summed E-state index contributed by atoms with van der Waals surface area (Å²) in [6.07, 6.45) is 8.47. The smallest absolute Gasteiger partial charge is 0.238 e.